The zero-order chi connectivity index (χ0) is 8.55. The van der Waals surface area contributed by atoms with Crippen molar-refractivity contribution in [3.8, 4) is 0 Å². The molecular formula is C9H12IN2+. The van der Waals surface area contributed by atoms with Crippen LogP contribution in [0.5, 0.6) is 0 Å². The molecular weight excluding hydrogens is 263 g/mol. The number of hydrogen-bond acceptors (Lipinski definition) is 1. The van der Waals surface area contributed by atoms with Gasteiger partial charge in [0.15, 0.2) is 0 Å². The van der Waals surface area contributed by atoms with E-state index in [0.717, 1.165) is 6.54 Å². The second-order valence-corrected chi connectivity index (χ2v) is 4.29. The molecule has 1 aromatic carbocycles. The van der Waals surface area contributed by atoms with Crippen LogP contribution in [0, 0.1) is 0 Å². The lowest BCUT2D eigenvalue weighted by Gasteiger charge is -2.27. The standard InChI is InChI=1S/C9H11IN2/c10-12-6-5-8(11)7-3-1-2-4-9(7)12/h1-4,8H,5-6,11H2/p+1. The zero-order valence-electron chi connectivity index (χ0n) is 6.83. The van der Waals surface area contributed by atoms with Crippen LogP contribution in [0.25, 0.3) is 0 Å². The van der Waals surface area contributed by atoms with Gasteiger partial charge in [0.25, 0.3) is 0 Å². The molecule has 12 heavy (non-hydrogen) atoms. The minimum absolute atomic E-state index is 0.479. The number of fused-ring (bicyclic) bond motifs is 1. The van der Waals surface area contributed by atoms with Crippen LogP contribution in [0.2, 0.25) is 0 Å². The highest BCUT2D eigenvalue weighted by Gasteiger charge is 2.22. The topological polar surface area (TPSA) is 30.9 Å². The first-order valence-corrected chi connectivity index (χ1v) is 5.11. The molecule has 1 aliphatic rings. The summed E-state index contributed by atoms with van der Waals surface area (Å²) in [5.74, 6) is 0. The van der Waals surface area contributed by atoms with Crippen molar-refractivity contribution >= 4 is 28.6 Å². The van der Waals surface area contributed by atoms with Gasteiger partial charge in [-0.2, -0.15) is 0 Å². The normalized spacial score (nSPS) is 22.2. The van der Waals surface area contributed by atoms with Gasteiger partial charge < -0.3 is 8.85 Å². The van der Waals surface area contributed by atoms with Gasteiger partial charge in [-0.05, 0) is 6.07 Å². The van der Waals surface area contributed by atoms with Crippen LogP contribution in [0.4, 0.5) is 5.69 Å². The minimum atomic E-state index is 0.479. The molecule has 1 unspecified atom stereocenters. The highest BCUT2D eigenvalue weighted by molar-refractivity contribution is 14.1. The van der Waals surface area contributed by atoms with Crippen LogP contribution in [-0.4, -0.2) is 6.54 Å². The van der Waals surface area contributed by atoms with Crippen LogP contribution in [-0.2, 0) is 0 Å². The number of hydrogen-bond donors (Lipinski definition) is 1. The lowest BCUT2D eigenvalue weighted by molar-refractivity contribution is -0.427. The average Bonchev–Trinajstić information content (AvgIpc) is 2.12. The van der Waals surface area contributed by atoms with E-state index in [2.05, 4.69) is 56.0 Å². The van der Waals surface area contributed by atoms with E-state index >= 15 is 0 Å². The smallest absolute Gasteiger partial charge is 0.114 e. The van der Waals surface area contributed by atoms with E-state index in [9.17, 15) is 0 Å². The van der Waals surface area contributed by atoms with Gasteiger partial charge in [-0.1, -0.05) is 18.2 Å². The molecule has 1 atom stereocenters. The third-order valence-corrected chi connectivity index (χ3v) is 3.31. The van der Waals surface area contributed by atoms with Gasteiger partial charge in [0.05, 0.1) is 28.6 Å². The van der Waals surface area contributed by atoms with Gasteiger partial charge in [-0.15, -0.1) is 0 Å². The van der Waals surface area contributed by atoms with E-state index in [4.69, 9.17) is 0 Å². The maximum absolute atomic E-state index is 4.14. The van der Waals surface area contributed by atoms with Crippen LogP contribution in [0.15, 0.2) is 24.3 Å². The van der Waals surface area contributed by atoms with Crippen LogP contribution < -0.4 is 8.85 Å². The predicted octanol–water partition coefficient (Wildman–Crippen LogP) is 1.53. The molecule has 0 radical (unpaired) electrons. The number of nitrogens with zero attached hydrogens (tertiary/aromatic N) is 1. The number of halogens is 1. The Morgan fingerprint density at radius 1 is 1.42 bits per heavy atom. The number of para-hydroxylation sites is 1. The Morgan fingerprint density at radius 3 is 2.92 bits per heavy atom. The molecule has 0 bridgehead atoms. The molecule has 0 amide bonds. The number of benzene rings is 1. The molecule has 0 saturated carbocycles. The van der Waals surface area contributed by atoms with Crippen molar-refractivity contribution < 1.29 is 5.73 Å². The molecule has 0 aliphatic carbocycles. The van der Waals surface area contributed by atoms with Crippen molar-refractivity contribution in [3.63, 3.8) is 0 Å². The molecule has 1 aliphatic heterocycles. The van der Waals surface area contributed by atoms with E-state index in [-0.39, 0.29) is 0 Å². The average molecular weight is 275 g/mol. The van der Waals surface area contributed by atoms with Crippen molar-refractivity contribution in [1.29, 1.82) is 0 Å². The summed E-state index contributed by atoms with van der Waals surface area (Å²) in [7, 11) is 0. The lowest BCUT2D eigenvalue weighted by Crippen LogP contribution is -2.55. The molecule has 2 rings (SSSR count). The van der Waals surface area contributed by atoms with Crippen molar-refractivity contribution in [2.75, 3.05) is 9.66 Å². The van der Waals surface area contributed by atoms with E-state index in [0.29, 0.717) is 6.04 Å². The van der Waals surface area contributed by atoms with Gasteiger partial charge in [-0.3, -0.25) is 0 Å². The fraction of sp³-hybridized carbons (Fsp3) is 0.333. The molecule has 0 fully saturated rings. The van der Waals surface area contributed by atoms with E-state index in [1.54, 1.807) is 0 Å². The molecule has 1 aromatic rings. The molecule has 64 valence electrons. The SMILES string of the molecule is [NH3+]C1CCN(I)c2ccccc21. The quantitative estimate of drug-likeness (QED) is 0.565. The maximum Gasteiger partial charge on any atom is 0.114 e. The summed E-state index contributed by atoms with van der Waals surface area (Å²) in [6.07, 6.45) is 1.17. The predicted molar refractivity (Wildman–Crippen MR) is 58.1 cm³/mol. The maximum atomic E-state index is 4.14. The van der Waals surface area contributed by atoms with Gasteiger partial charge >= 0.3 is 0 Å². The summed E-state index contributed by atoms with van der Waals surface area (Å²) in [6.45, 7) is 1.12. The van der Waals surface area contributed by atoms with Gasteiger partial charge in [-0.25, -0.2) is 0 Å². The highest BCUT2D eigenvalue weighted by atomic mass is 127. The highest BCUT2D eigenvalue weighted by Crippen LogP contribution is 2.32. The summed E-state index contributed by atoms with van der Waals surface area (Å²) < 4.78 is 2.27. The Morgan fingerprint density at radius 2 is 2.17 bits per heavy atom. The number of rotatable bonds is 0. The summed E-state index contributed by atoms with van der Waals surface area (Å²) in [6, 6.07) is 9.00. The first-order valence-electron chi connectivity index (χ1n) is 4.14. The third-order valence-electron chi connectivity index (χ3n) is 2.31. The minimum Gasteiger partial charge on any atom is -0.351 e. The van der Waals surface area contributed by atoms with Crippen molar-refractivity contribution in [2.45, 2.75) is 12.5 Å². The summed E-state index contributed by atoms with van der Waals surface area (Å²) >= 11 is 2.36. The first-order chi connectivity index (χ1) is 5.79. The van der Waals surface area contributed by atoms with Gasteiger partial charge in [0.1, 0.15) is 6.04 Å². The van der Waals surface area contributed by atoms with Crippen molar-refractivity contribution in [3.05, 3.63) is 29.8 Å². The van der Waals surface area contributed by atoms with Crippen molar-refractivity contribution in [1.82, 2.24) is 0 Å². The molecule has 3 N–H and O–H groups in total. The Kier molecular flexibility index (Phi) is 2.23. The van der Waals surface area contributed by atoms with Crippen LogP contribution >= 0.6 is 22.9 Å². The van der Waals surface area contributed by atoms with Gasteiger partial charge in [0.2, 0.25) is 0 Å². The Balaban J connectivity index is 2.47. The number of anilines is 1. The monoisotopic (exact) mass is 275 g/mol. The Bertz CT molecular complexity index is 259. The zero-order valence-corrected chi connectivity index (χ0v) is 8.99. The lowest BCUT2D eigenvalue weighted by atomic mass is 9.99. The molecule has 0 saturated heterocycles. The van der Waals surface area contributed by atoms with Crippen LogP contribution in [0.1, 0.15) is 18.0 Å². The Labute approximate surface area is 86.2 Å². The molecule has 0 spiro atoms. The summed E-state index contributed by atoms with van der Waals surface area (Å²) in [5, 5.41) is 0. The Hall–Kier alpha value is -0.290. The fourth-order valence-electron chi connectivity index (χ4n) is 1.60. The second-order valence-electron chi connectivity index (χ2n) is 3.13. The van der Waals surface area contributed by atoms with E-state index in [1.807, 2.05) is 0 Å². The summed E-state index contributed by atoms with van der Waals surface area (Å²) in [4.78, 5) is 0. The van der Waals surface area contributed by atoms with Crippen molar-refractivity contribution in [2.24, 2.45) is 0 Å². The molecule has 1 heterocycles. The van der Waals surface area contributed by atoms with E-state index in [1.165, 1.54) is 17.7 Å². The molecule has 0 aromatic heterocycles. The summed E-state index contributed by atoms with van der Waals surface area (Å²) in [5.41, 5.74) is 6.87. The fourth-order valence-corrected chi connectivity index (χ4v) is 2.32. The molecule has 2 nitrogen and oxygen atoms in total. The largest absolute Gasteiger partial charge is 0.351 e. The van der Waals surface area contributed by atoms with Crippen LogP contribution in [0.3, 0.4) is 0 Å². The second kappa shape index (κ2) is 3.22. The first kappa shape index (κ1) is 8.31. The van der Waals surface area contributed by atoms with E-state index < -0.39 is 0 Å². The molecule has 3 heteroatoms. The number of quaternary nitrogens is 1. The third kappa shape index (κ3) is 1.31. The van der Waals surface area contributed by atoms with Gasteiger partial charge in [0, 0.05) is 18.5 Å².